The molecule has 1 aromatic rings. The van der Waals surface area contributed by atoms with Gasteiger partial charge in [-0.25, -0.2) is 4.57 Å². The van der Waals surface area contributed by atoms with Crippen molar-refractivity contribution in [3.8, 4) is 5.75 Å². The standard InChI is InChI=1S/C18H31O4P.C4H10O/c1-2-3-4-5-6-7-8-9-10-11-14-17-15-12-13-16-18(17)22-23(19,20)21;1-3-5-4-2/h12-13,15-16H,2-11,14H2,1H3,(H2,19,20,21);3-4H2,1-2H3. The van der Waals surface area contributed by atoms with Crippen molar-refractivity contribution in [1.82, 2.24) is 0 Å². The Balaban J connectivity index is 0.00000129. The summed E-state index contributed by atoms with van der Waals surface area (Å²) < 4.78 is 20.5. The Bertz CT molecular complexity index is 513. The number of phosphoric acid groups is 1. The van der Waals surface area contributed by atoms with Crippen LogP contribution in [0.4, 0.5) is 0 Å². The Kier molecular flexibility index (Phi) is 17.6. The SMILES string of the molecule is CCCCCCCCCCCCc1ccccc1OP(=O)(O)O.CCOCC. The van der Waals surface area contributed by atoms with Crippen LogP contribution in [0.3, 0.4) is 0 Å². The van der Waals surface area contributed by atoms with Crippen molar-refractivity contribution < 1.29 is 23.6 Å². The zero-order valence-corrected chi connectivity index (χ0v) is 19.0. The molecule has 2 N–H and O–H groups in total. The Hall–Kier alpha value is -0.870. The van der Waals surface area contributed by atoms with E-state index >= 15 is 0 Å². The number of hydrogen-bond donors (Lipinski definition) is 2. The second-order valence-electron chi connectivity index (χ2n) is 6.90. The van der Waals surface area contributed by atoms with Gasteiger partial charge in [-0.3, -0.25) is 9.79 Å². The van der Waals surface area contributed by atoms with Gasteiger partial charge in [-0.05, 0) is 38.3 Å². The van der Waals surface area contributed by atoms with Gasteiger partial charge < -0.3 is 9.26 Å². The van der Waals surface area contributed by atoms with Crippen molar-refractivity contribution in [2.45, 2.75) is 91.4 Å². The average Bonchev–Trinajstić information content (AvgIpc) is 2.64. The van der Waals surface area contributed by atoms with Crippen LogP contribution in [0.15, 0.2) is 24.3 Å². The molecule has 0 amide bonds. The molecule has 28 heavy (non-hydrogen) atoms. The number of aryl methyl sites for hydroxylation is 1. The van der Waals surface area contributed by atoms with Crippen LogP contribution in [-0.2, 0) is 15.7 Å². The summed E-state index contributed by atoms with van der Waals surface area (Å²) in [5.41, 5.74) is 0.871. The number of unbranched alkanes of at least 4 members (excludes halogenated alkanes) is 9. The highest BCUT2D eigenvalue weighted by Crippen LogP contribution is 2.39. The summed E-state index contributed by atoms with van der Waals surface area (Å²) in [5, 5.41) is 0. The van der Waals surface area contributed by atoms with Crippen LogP contribution in [0.25, 0.3) is 0 Å². The van der Waals surface area contributed by atoms with E-state index in [9.17, 15) is 4.57 Å². The van der Waals surface area contributed by atoms with Crippen molar-refractivity contribution in [3.05, 3.63) is 29.8 Å². The van der Waals surface area contributed by atoms with Crippen molar-refractivity contribution in [1.29, 1.82) is 0 Å². The molecule has 1 rings (SSSR count). The maximum Gasteiger partial charge on any atom is 0.524 e. The third-order valence-corrected chi connectivity index (χ3v) is 4.83. The van der Waals surface area contributed by atoms with E-state index in [1.165, 1.54) is 51.4 Å². The molecule has 1 aromatic carbocycles. The first-order valence-electron chi connectivity index (χ1n) is 10.8. The predicted molar refractivity (Wildman–Crippen MR) is 117 cm³/mol. The number of benzene rings is 1. The smallest absolute Gasteiger partial charge is 0.404 e. The van der Waals surface area contributed by atoms with E-state index in [4.69, 9.17) is 19.0 Å². The predicted octanol–water partition coefficient (Wildman–Crippen LogP) is 6.66. The quantitative estimate of drug-likeness (QED) is 0.247. The summed E-state index contributed by atoms with van der Waals surface area (Å²) in [6, 6.07) is 7.09. The van der Waals surface area contributed by atoms with E-state index in [0.29, 0.717) is 5.75 Å². The lowest BCUT2D eigenvalue weighted by atomic mass is 10.0. The van der Waals surface area contributed by atoms with Crippen LogP contribution >= 0.6 is 7.82 Å². The zero-order valence-electron chi connectivity index (χ0n) is 18.1. The van der Waals surface area contributed by atoms with Gasteiger partial charge in [-0.1, -0.05) is 82.9 Å². The first-order valence-corrected chi connectivity index (χ1v) is 12.4. The van der Waals surface area contributed by atoms with Gasteiger partial charge in [-0.2, -0.15) is 0 Å². The molecule has 164 valence electrons. The topological polar surface area (TPSA) is 76.0 Å². The first-order chi connectivity index (χ1) is 13.4. The monoisotopic (exact) mass is 416 g/mol. The summed E-state index contributed by atoms with van der Waals surface area (Å²) in [6.07, 6.45) is 13.5. The molecule has 0 saturated heterocycles. The van der Waals surface area contributed by atoms with E-state index in [0.717, 1.165) is 38.0 Å². The molecule has 0 fully saturated rings. The zero-order chi connectivity index (χ0) is 21.1. The van der Waals surface area contributed by atoms with Crippen LogP contribution in [0.1, 0.15) is 90.5 Å². The molecule has 0 aliphatic rings. The van der Waals surface area contributed by atoms with Gasteiger partial charge in [-0.15, -0.1) is 0 Å². The Labute approximate surface area is 172 Å². The summed E-state index contributed by atoms with van der Waals surface area (Å²) in [4.78, 5) is 17.9. The maximum atomic E-state index is 11.0. The van der Waals surface area contributed by atoms with Crippen LogP contribution in [0, 0.1) is 0 Å². The van der Waals surface area contributed by atoms with E-state index < -0.39 is 7.82 Å². The summed E-state index contributed by atoms with van der Waals surface area (Å²) >= 11 is 0. The van der Waals surface area contributed by atoms with E-state index in [-0.39, 0.29) is 0 Å². The summed E-state index contributed by atoms with van der Waals surface area (Å²) in [5.74, 6) is 0.303. The fraction of sp³-hybridized carbons (Fsp3) is 0.727. The normalized spacial score (nSPS) is 11.0. The van der Waals surface area contributed by atoms with Crippen LogP contribution < -0.4 is 4.52 Å². The molecule has 0 aliphatic heterocycles. The van der Waals surface area contributed by atoms with Gasteiger partial charge in [0.25, 0.3) is 0 Å². The van der Waals surface area contributed by atoms with Gasteiger partial charge in [0.15, 0.2) is 0 Å². The molecular weight excluding hydrogens is 375 g/mol. The minimum Gasteiger partial charge on any atom is -0.404 e. The number of rotatable bonds is 15. The van der Waals surface area contributed by atoms with Gasteiger partial charge in [0.05, 0.1) is 0 Å². The molecular formula is C22H41O5P. The molecule has 6 heteroatoms. The lowest BCUT2D eigenvalue weighted by Gasteiger charge is -2.11. The van der Waals surface area contributed by atoms with Gasteiger partial charge >= 0.3 is 7.82 Å². The molecule has 0 aromatic heterocycles. The Morgan fingerprint density at radius 3 is 1.75 bits per heavy atom. The molecule has 0 spiro atoms. The van der Waals surface area contributed by atoms with Crippen molar-refractivity contribution in [3.63, 3.8) is 0 Å². The number of para-hydroxylation sites is 1. The highest BCUT2D eigenvalue weighted by Gasteiger charge is 2.17. The maximum absolute atomic E-state index is 11.0. The summed E-state index contributed by atoms with van der Waals surface area (Å²) in [6.45, 7) is 7.91. The minimum atomic E-state index is -4.48. The molecule has 0 aliphatic carbocycles. The van der Waals surface area contributed by atoms with Crippen molar-refractivity contribution >= 4 is 7.82 Å². The first kappa shape index (κ1) is 27.1. The fourth-order valence-corrected chi connectivity index (χ4v) is 3.37. The van der Waals surface area contributed by atoms with Gasteiger partial charge in [0.1, 0.15) is 5.75 Å². The third-order valence-electron chi connectivity index (χ3n) is 4.40. The molecule has 0 saturated carbocycles. The van der Waals surface area contributed by atoms with Crippen LogP contribution in [0.5, 0.6) is 5.75 Å². The molecule has 0 unspecified atom stereocenters. The summed E-state index contributed by atoms with van der Waals surface area (Å²) in [7, 11) is -4.48. The lowest BCUT2D eigenvalue weighted by molar-refractivity contribution is 0.162. The van der Waals surface area contributed by atoms with Crippen LogP contribution in [-0.4, -0.2) is 23.0 Å². The highest BCUT2D eigenvalue weighted by molar-refractivity contribution is 7.46. The molecule has 0 atom stereocenters. The second-order valence-corrected chi connectivity index (χ2v) is 8.07. The van der Waals surface area contributed by atoms with Gasteiger partial charge in [0.2, 0.25) is 0 Å². The van der Waals surface area contributed by atoms with Crippen LogP contribution in [0.2, 0.25) is 0 Å². The Morgan fingerprint density at radius 1 is 0.786 bits per heavy atom. The molecule has 0 heterocycles. The fourth-order valence-electron chi connectivity index (χ4n) is 2.93. The Morgan fingerprint density at radius 2 is 1.29 bits per heavy atom. The molecule has 0 radical (unpaired) electrons. The van der Waals surface area contributed by atoms with Crippen molar-refractivity contribution in [2.75, 3.05) is 13.2 Å². The number of ether oxygens (including phenoxy) is 1. The van der Waals surface area contributed by atoms with E-state index in [1.807, 2.05) is 26.0 Å². The average molecular weight is 417 g/mol. The highest BCUT2D eigenvalue weighted by atomic mass is 31.2. The molecule has 5 nitrogen and oxygen atoms in total. The molecule has 0 bridgehead atoms. The number of hydrogen-bond acceptors (Lipinski definition) is 3. The third kappa shape index (κ3) is 17.2. The van der Waals surface area contributed by atoms with Crippen molar-refractivity contribution in [2.24, 2.45) is 0 Å². The largest absolute Gasteiger partial charge is 0.524 e. The minimum absolute atomic E-state index is 0.303. The number of phosphoric ester groups is 1. The van der Waals surface area contributed by atoms with Gasteiger partial charge in [0, 0.05) is 13.2 Å². The van der Waals surface area contributed by atoms with E-state index in [1.54, 1.807) is 12.1 Å². The second kappa shape index (κ2) is 18.2. The van der Waals surface area contributed by atoms with E-state index in [2.05, 4.69) is 6.92 Å². The lowest BCUT2D eigenvalue weighted by Crippen LogP contribution is -1.95.